The van der Waals surface area contributed by atoms with Crippen molar-refractivity contribution in [1.29, 1.82) is 0 Å². The van der Waals surface area contributed by atoms with Crippen LogP contribution in [0.5, 0.6) is 5.75 Å². The lowest BCUT2D eigenvalue weighted by Crippen LogP contribution is -2.08. The predicted molar refractivity (Wildman–Crippen MR) is 55.0 cm³/mol. The Morgan fingerprint density at radius 1 is 1.40 bits per heavy atom. The average Bonchev–Trinajstić information content (AvgIpc) is 2.72. The highest BCUT2D eigenvalue weighted by Gasteiger charge is 2.15. The monoisotopic (exact) mass is 203 g/mol. The van der Waals surface area contributed by atoms with Gasteiger partial charge in [-0.05, 0) is 23.6 Å². The summed E-state index contributed by atoms with van der Waals surface area (Å²) in [4.78, 5) is 14.0. The molecule has 0 saturated carbocycles. The van der Waals surface area contributed by atoms with Crippen LogP contribution in [0.15, 0.2) is 24.4 Å². The topological polar surface area (TPSA) is 69.4 Å². The van der Waals surface area contributed by atoms with E-state index in [4.69, 9.17) is 15.6 Å². The molecular weight excluding hydrogens is 194 g/mol. The standard InChI is InChI=1S/C10H9N3O2/c11-13-10-8-3-7-5-14-15-9(7)4-6(8)1-2-12-10/h1-4H,5,11H2,(H,12,13). The fourth-order valence-corrected chi connectivity index (χ4v) is 1.71. The summed E-state index contributed by atoms with van der Waals surface area (Å²) in [6, 6.07) is 5.79. The Morgan fingerprint density at radius 2 is 2.33 bits per heavy atom. The molecule has 1 aromatic carbocycles. The van der Waals surface area contributed by atoms with Crippen molar-refractivity contribution < 1.29 is 9.78 Å². The van der Waals surface area contributed by atoms with E-state index in [0.29, 0.717) is 12.4 Å². The van der Waals surface area contributed by atoms with Gasteiger partial charge in [-0.3, -0.25) is 0 Å². The molecule has 0 spiro atoms. The quantitative estimate of drug-likeness (QED) is 0.416. The van der Waals surface area contributed by atoms with Crippen LogP contribution in [-0.4, -0.2) is 4.98 Å². The molecule has 0 saturated heterocycles. The van der Waals surface area contributed by atoms with Crippen LogP contribution in [0.3, 0.4) is 0 Å². The van der Waals surface area contributed by atoms with E-state index in [1.54, 1.807) is 6.20 Å². The van der Waals surface area contributed by atoms with Crippen molar-refractivity contribution >= 4 is 16.6 Å². The van der Waals surface area contributed by atoms with Crippen LogP contribution in [0.25, 0.3) is 10.8 Å². The van der Waals surface area contributed by atoms with Gasteiger partial charge < -0.3 is 10.3 Å². The van der Waals surface area contributed by atoms with Gasteiger partial charge in [-0.15, -0.1) is 0 Å². The lowest BCUT2D eigenvalue weighted by Gasteiger charge is -2.05. The molecule has 3 N–H and O–H groups in total. The molecule has 15 heavy (non-hydrogen) atoms. The molecule has 0 radical (unpaired) electrons. The molecule has 5 nitrogen and oxygen atoms in total. The number of aromatic nitrogens is 1. The number of nitrogens with two attached hydrogens (primary N) is 1. The highest BCUT2D eigenvalue weighted by Crippen LogP contribution is 2.32. The Labute approximate surface area is 85.7 Å². The predicted octanol–water partition coefficient (Wildman–Crippen LogP) is 1.34. The zero-order valence-electron chi connectivity index (χ0n) is 7.86. The number of nitrogen functional groups attached to an aromatic ring is 1. The third-order valence-electron chi connectivity index (χ3n) is 2.45. The van der Waals surface area contributed by atoms with Gasteiger partial charge in [0.15, 0.2) is 5.75 Å². The number of anilines is 1. The first-order valence-corrected chi connectivity index (χ1v) is 4.56. The molecule has 2 aromatic rings. The van der Waals surface area contributed by atoms with E-state index in [0.717, 1.165) is 22.1 Å². The molecule has 5 heteroatoms. The number of benzene rings is 1. The number of rotatable bonds is 1. The summed E-state index contributed by atoms with van der Waals surface area (Å²) in [5.41, 5.74) is 3.57. The lowest BCUT2D eigenvalue weighted by molar-refractivity contribution is -0.194. The van der Waals surface area contributed by atoms with E-state index >= 15 is 0 Å². The maximum absolute atomic E-state index is 5.39. The first-order valence-electron chi connectivity index (χ1n) is 4.56. The third-order valence-corrected chi connectivity index (χ3v) is 2.45. The molecule has 1 aliphatic rings. The minimum Gasteiger partial charge on any atom is -0.337 e. The molecule has 0 fully saturated rings. The number of hydrazine groups is 1. The summed E-state index contributed by atoms with van der Waals surface area (Å²) in [6.45, 7) is 0.462. The van der Waals surface area contributed by atoms with Gasteiger partial charge in [0.05, 0.1) is 0 Å². The highest BCUT2D eigenvalue weighted by atomic mass is 17.2. The molecule has 0 amide bonds. The highest BCUT2D eigenvalue weighted by molar-refractivity contribution is 5.93. The van der Waals surface area contributed by atoms with Gasteiger partial charge in [-0.2, -0.15) is 4.89 Å². The maximum atomic E-state index is 5.39. The number of hydrogen-bond donors (Lipinski definition) is 2. The Kier molecular flexibility index (Phi) is 1.74. The van der Waals surface area contributed by atoms with Gasteiger partial charge in [-0.1, -0.05) is 0 Å². The second-order valence-electron chi connectivity index (χ2n) is 3.33. The number of nitrogens with one attached hydrogen (secondary N) is 1. The summed E-state index contributed by atoms with van der Waals surface area (Å²) in [6.07, 6.45) is 1.69. The fraction of sp³-hybridized carbons (Fsp3) is 0.100. The second kappa shape index (κ2) is 3.08. The van der Waals surface area contributed by atoms with Crippen molar-refractivity contribution in [3.8, 4) is 5.75 Å². The Bertz CT molecular complexity index is 527. The van der Waals surface area contributed by atoms with Crippen LogP contribution in [0.1, 0.15) is 5.56 Å². The SMILES string of the molecule is NNc1nccc2cc3c(cc12)COO3. The van der Waals surface area contributed by atoms with Gasteiger partial charge in [0, 0.05) is 17.1 Å². The summed E-state index contributed by atoms with van der Waals surface area (Å²) in [5, 5.41) is 1.98. The summed E-state index contributed by atoms with van der Waals surface area (Å²) < 4.78 is 0. The lowest BCUT2D eigenvalue weighted by atomic mass is 10.1. The minimum atomic E-state index is 0.462. The van der Waals surface area contributed by atoms with Crippen molar-refractivity contribution in [3.63, 3.8) is 0 Å². The zero-order chi connectivity index (χ0) is 10.3. The van der Waals surface area contributed by atoms with Crippen LogP contribution in [0.2, 0.25) is 0 Å². The van der Waals surface area contributed by atoms with Crippen molar-refractivity contribution in [1.82, 2.24) is 4.98 Å². The first-order chi connectivity index (χ1) is 7.38. The first kappa shape index (κ1) is 8.46. The molecule has 0 aliphatic carbocycles. The van der Waals surface area contributed by atoms with Crippen molar-refractivity contribution in [2.75, 3.05) is 5.43 Å². The van der Waals surface area contributed by atoms with E-state index in [1.165, 1.54) is 0 Å². The maximum Gasteiger partial charge on any atom is 0.171 e. The molecule has 0 bridgehead atoms. The largest absolute Gasteiger partial charge is 0.337 e. The average molecular weight is 203 g/mol. The summed E-state index contributed by atoms with van der Waals surface area (Å²) in [7, 11) is 0. The van der Waals surface area contributed by atoms with Gasteiger partial charge in [0.2, 0.25) is 0 Å². The summed E-state index contributed by atoms with van der Waals surface area (Å²) >= 11 is 0. The van der Waals surface area contributed by atoms with Crippen LogP contribution in [-0.2, 0) is 11.5 Å². The van der Waals surface area contributed by atoms with Gasteiger partial charge >= 0.3 is 0 Å². The molecule has 1 aromatic heterocycles. The van der Waals surface area contributed by atoms with E-state index in [2.05, 4.69) is 10.4 Å². The van der Waals surface area contributed by atoms with Crippen LogP contribution in [0, 0.1) is 0 Å². The van der Waals surface area contributed by atoms with Crippen LogP contribution in [0.4, 0.5) is 5.82 Å². The molecule has 1 aliphatic heterocycles. The molecule has 2 heterocycles. The van der Waals surface area contributed by atoms with Crippen molar-refractivity contribution in [2.45, 2.75) is 6.61 Å². The third kappa shape index (κ3) is 1.21. The van der Waals surface area contributed by atoms with Crippen LogP contribution >= 0.6 is 0 Å². The Morgan fingerprint density at radius 3 is 3.20 bits per heavy atom. The van der Waals surface area contributed by atoms with E-state index in [1.807, 2.05) is 18.2 Å². The fourth-order valence-electron chi connectivity index (χ4n) is 1.71. The zero-order valence-corrected chi connectivity index (χ0v) is 7.86. The number of fused-ring (bicyclic) bond motifs is 2. The molecule has 76 valence electrons. The van der Waals surface area contributed by atoms with E-state index in [-0.39, 0.29) is 0 Å². The minimum absolute atomic E-state index is 0.462. The number of hydrogen-bond acceptors (Lipinski definition) is 5. The number of nitrogens with zero attached hydrogens (tertiary/aromatic N) is 1. The smallest absolute Gasteiger partial charge is 0.171 e. The summed E-state index contributed by atoms with van der Waals surface area (Å²) in [5.74, 6) is 6.80. The Balaban J connectivity index is 2.33. The van der Waals surface area contributed by atoms with E-state index in [9.17, 15) is 0 Å². The van der Waals surface area contributed by atoms with Crippen molar-refractivity contribution in [3.05, 3.63) is 30.0 Å². The molecule has 0 atom stereocenters. The normalized spacial score (nSPS) is 13.7. The Hall–Kier alpha value is -1.85. The van der Waals surface area contributed by atoms with Gasteiger partial charge in [0.25, 0.3) is 0 Å². The molecule has 0 unspecified atom stereocenters. The van der Waals surface area contributed by atoms with Gasteiger partial charge in [0.1, 0.15) is 12.4 Å². The van der Waals surface area contributed by atoms with Gasteiger partial charge in [-0.25, -0.2) is 10.8 Å². The molecule has 3 rings (SSSR count). The second-order valence-corrected chi connectivity index (χ2v) is 3.33. The van der Waals surface area contributed by atoms with Crippen molar-refractivity contribution in [2.24, 2.45) is 5.84 Å². The van der Waals surface area contributed by atoms with E-state index < -0.39 is 0 Å². The molecular formula is C10H9N3O2. The number of pyridine rings is 1. The van der Waals surface area contributed by atoms with Crippen LogP contribution < -0.4 is 16.2 Å².